The van der Waals surface area contributed by atoms with Crippen LogP contribution in [0.1, 0.15) is 32.5 Å². The summed E-state index contributed by atoms with van der Waals surface area (Å²) < 4.78 is 5.71. The van der Waals surface area contributed by atoms with Crippen molar-refractivity contribution < 1.29 is 9.53 Å². The maximum atomic E-state index is 11.5. The van der Waals surface area contributed by atoms with E-state index in [1.54, 1.807) is 0 Å². The van der Waals surface area contributed by atoms with E-state index in [0.29, 0.717) is 11.2 Å². The van der Waals surface area contributed by atoms with Crippen LogP contribution in [0, 0.1) is 10.7 Å². The maximum Gasteiger partial charge on any atom is 0.309 e. The largest absolute Gasteiger partial charge is 0.459 e. The molecule has 1 fully saturated rings. The molecule has 1 aromatic rings. The van der Waals surface area contributed by atoms with E-state index in [4.69, 9.17) is 17.0 Å². The molecule has 2 rings (SSSR count). The Balaban J connectivity index is 1.92. The second kappa shape index (κ2) is 4.01. The van der Waals surface area contributed by atoms with Crippen molar-refractivity contribution in [2.75, 3.05) is 0 Å². The monoisotopic (exact) mass is 241 g/mol. The van der Waals surface area contributed by atoms with Gasteiger partial charge in [-0.05, 0) is 38.9 Å². The average molecular weight is 241 g/mol. The van der Waals surface area contributed by atoms with Crippen molar-refractivity contribution in [3.63, 3.8) is 0 Å². The van der Waals surface area contributed by atoms with E-state index in [1.165, 1.54) is 0 Å². The van der Waals surface area contributed by atoms with E-state index < -0.39 is 0 Å². The summed E-state index contributed by atoms with van der Waals surface area (Å²) in [6.45, 7) is 3.87. The molecule has 88 valence electrons. The first-order valence-corrected chi connectivity index (χ1v) is 5.73. The molecule has 0 amide bonds. The molecule has 0 aromatic carbocycles. The Bertz CT molecular complexity index is 449. The number of esters is 1. The van der Waals surface area contributed by atoms with Crippen molar-refractivity contribution in [2.45, 2.75) is 38.7 Å². The highest BCUT2D eigenvalue weighted by Gasteiger charge is 2.39. The quantitative estimate of drug-likeness (QED) is 0.624. The standard InChI is InChI=1S/C10H15N3O2S/c1-10(2)5-6(8(14)15-10)3-4-7-11-9(16)13-12-7/h6H,3-5H2,1-2H3,(H2,11,12,13,16). The van der Waals surface area contributed by atoms with Crippen LogP contribution in [0.25, 0.3) is 0 Å². The van der Waals surface area contributed by atoms with Gasteiger partial charge in [0.15, 0.2) is 0 Å². The third-order valence-corrected chi connectivity index (χ3v) is 2.92. The molecule has 2 heterocycles. The molecule has 1 aliphatic rings. The SMILES string of the molecule is CC1(C)CC(CCc2nc(=S)[nH][nH]2)C(=O)O1. The van der Waals surface area contributed by atoms with Crippen LogP contribution >= 0.6 is 12.2 Å². The van der Waals surface area contributed by atoms with Gasteiger partial charge < -0.3 is 4.74 Å². The number of aryl methyl sites for hydroxylation is 1. The lowest BCUT2D eigenvalue weighted by atomic mass is 9.94. The van der Waals surface area contributed by atoms with Gasteiger partial charge in [-0.25, -0.2) is 4.98 Å². The van der Waals surface area contributed by atoms with Gasteiger partial charge in [0.2, 0.25) is 4.77 Å². The summed E-state index contributed by atoms with van der Waals surface area (Å²) in [5, 5.41) is 5.61. The Labute approximate surface area is 98.6 Å². The number of aromatic nitrogens is 3. The van der Waals surface area contributed by atoms with Crippen molar-refractivity contribution in [3.05, 3.63) is 10.6 Å². The second-order valence-corrected chi connectivity index (χ2v) is 5.12. The number of carbonyl (C=O) groups is 1. The second-order valence-electron chi connectivity index (χ2n) is 4.73. The van der Waals surface area contributed by atoms with Crippen LogP contribution in [0.2, 0.25) is 0 Å². The van der Waals surface area contributed by atoms with Crippen molar-refractivity contribution in [3.8, 4) is 0 Å². The molecule has 1 aliphatic heterocycles. The lowest BCUT2D eigenvalue weighted by Gasteiger charge is -2.14. The summed E-state index contributed by atoms with van der Waals surface area (Å²) in [4.78, 5) is 15.6. The van der Waals surface area contributed by atoms with Gasteiger partial charge >= 0.3 is 5.97 Å². The molecule has 0 radical (unpaired) electrons. The third kappa shape index (κ3) is 2.49. The first kappa shape index (κ1) is 11.3. The number of H-pyrrole nitrogens is 2. The number of hydrogen-bond acceptors (Lipinski definition) is 4. The van der Waals surface area contributed by atoms with E-state index in [2.05, 4.69) is 15.2 Å². The molecule has 1 aromatic heterocycles. The van der Waals surface area contributed by atoms with E-state index in [1.807, 2.05) is 13.8 Å². The number of hydrogen-bond donors (Lipinski definition) is 2. The van der Waals surface area contributed by atoms with Crippen molar-refractivity contribution >= 4 is 18.2 Å². The number of ether oxygens (including phenoxy) is 1. The molecule has 1 saturated heterocycles. The predicted molar refractivity (Wildman–Crippen MR) is 60.4 cm³/mol. The Morgan fingerprint density at radius 3 is 2.81 bits per heavy atom. The minimum atomic E-state index is -0.319. The van der Waals surface area contributed by atoms with Crippen LogP contribution in [-0.4, -0.2) is 26.8 Å². The van der Waals surface area contributed by atoms with Crippen molar-refractivity contribution in [1.29, 1.82) is 0 Å². The zero-order valence-corrected chi connectivity index (χ0v) is 10.2. The van der Waals surface area contributed by atoms with E-state index >= 15 is 0 Å². The Morgan fingerprint density at radius 1 is 1.56 bits per heavy atom. The van der Waals surface area contributed by atoms with Gasteiger partial charge in [0.25, 0.3) is 0 Å². The molecule has 0 spiro atoms. The van der Waals surface area contributed by atoms with Gasteiger partial charge in [0.1, 0.15) is 11.4 Å². The molecule has 16 heavy (non-hydrogen) atoms. The zero-order chi connectivity index (χ0) is 11.8. The fourth-order valence-corrected chi connectivity index (χ4v) is 2.19. The molecule has 2 N–H and O–H groups in total. The van der Waals surface area contributed by atoms with Gasteiger partial charge in [-0.3, -0.25) is 15.0 Å². The summed E-state index contributed by atoms with van der Waals surface area (Å²) >= 11 is 4.85. The summed E-state index contributed by atoms with van der Waals surface area (Å²) in [5.74, 6) is 0.676. The van der Waals surface area contributed by atoms with Crippen molar-refractivity contribution in [2.24, 2.45) is 5.92 Å². The summed E-state index contributed by atoms with van der Waals surface area (Å²) in [7, 11) is 0. The summed E-state index contributed by atoms with van der Waals surface area (Å²) in [6, 6.07) is 0. The first-order valence-electron chi connectivity index (χ1n) is 5.33. The minimum absolute atomic E-state index is 0.0197. The van der Waals surface area contributed by atoms with Crippen molar-refractivity contribution in [1.82, 2.24) is 15.2 Å². The van der Waals surface area contributed by atoms with E-state index in [-0.39, 0.29) is 17.5 Å². The fourth-order valence-electron chi connectivity index (χ4n) is 2.03. The predicted octanol–water partition coefficient (Wildman–Crippen LogP) is 1.74. The molecule has 1 unspecified atom stereocenters. The fraction of sp³-hybridized carbons (Fsp3) is 0.700. The van der Waals surface area contributed by atoms with Crippen LogP contribution in [-0.2, 0) is 16.0 Å². The number of aromatic amines is 2. The normalized spacial score (nSPS) is 23.4. The van der Waals surface area contributed by atoms with Gasteiger partial charge in [-0.2, -0.15) is 0 Å². The summed E-state index contributed by atoms with van der Waals surface area (Å²) in [5.41, 5.74) is -0.319. The smallest absolute Gasteiger partial charge is 0.309 e. The van der Waals surface area contributed by atoms with Gasteiger partial charge in [0, 0.05) is 6.42 Å². The number of nitrogens with zero attached hydrogens (tertiary/aromatic N) is 1. The lowest BCUT2D eigenvalue weighted by molar-refractivity contribution is -0.148. The summed E-state index contributed by atoms with van der Waals surface area (Å²) in [6.07, 6.45) is 2.23. The molecule has 6 heteroatoms. The van der Waals surface area contributed by atoms with E-state index in [0.717, 1.165) is 18.7 Å². The molecule has 0 saturated carbocycles. The van der Waals surface area contributed by atoms with Gasteiger partial charge in [-0.15, -0.1) is 0 Å². The third-order valence-electron chi connectivity index (χ3n) is 2.73. The Kier molecular flexibility index (Phi) is 2.84. The Morgan fingerprint density at radius 2 is 2.31 bits per heavy atom. The number of rotatable bonds is 3. The first-order chi connectivity index (χ1) is 7.46. The molecule has 0 aliphatic carbocycles. The van der Waals surface area contributed by atoms with Gasteiger partial charge in [0.05, 0.1) is 5.92 Å². The minimum Gasteiger partial charge on any atom is -0.459 e. The molecule has 5 nitrogen and oxygen atoms in total. The zero-order valence-electron chi connectivity index (χ0n) is 9.37. The van der Waals surface area contributed by atoms with Crippen LogP contribution in [0.4, 0.5) is 0 Å². The van der Waals surface area contributed by atoms with Crippen LogP contribution in [0.15, 0.2) is 0 Å². The molecule has 0 bridgehead atoms. The molecular weight excluding hydrogens is 226 g/mol. The highest BCUT2D eigenvalue weighted by Crippen LogP contribution is 2.32. The maximum absolute atomic E-state index is 11.5. The van der Waals surface area contributed by atoms with Crippen LogP contribution in [0.3, 0.4) is 0 Å². The lowest BCUT2D eigenvalue weighted by Crippen LogP contribution is -2.17. The number of nitrogens with one attached hydrogen (secondary N) is 2. The average Bonchev–Trinajstić information content (AvgIpc) is 2.67. The Hall–Kier alpha value is -1.17. The van der Waals surface area contributed by atoms with E-state index in [9.17, 15) is 4.79 Å². The van der Waals surface area contributed by atoms with Crippen LogP contribution in [0.5, 0.6) is 0 Å². The highest BCUT2D eigenvalue weighted by atomic mass is 32.1. The number of cyclic esters (lactones) is 1. The van der Waals surface area contributed by atoms with Crippen LogP contribution < -0.4 is 0 Å². The topological polar surface area (TPSA) is 70.8 Å². The molecular formula is C10H15N3O2S. The van der Waals surface area contributed by atoms with Gasteiger partial charge in [-0.1, -0.05) is 0 Å². The number of carbonyl (C=O) groups excluding carboxylic acids is 1. The molecule has 1 atom stereocenters. The highest BCUT2D eigenvalue weighted by molar-refractivity contribution is 7.71.